The number of benzene rings is 1. The monoisotopic (exact) mass is 382 g/mol. The molecule has 0 aliphatic carbocycles. The van der Waals surface area contributed by atoms with Crippen LogP contribution in [0.5, 0.6) is 0 Å². The lowest BCUT2D eigenvalue weighted by atomic mass is 10.1. The van der Waals surface area contributed by atoms with Crippen LogP contribution in [0.1, 0.15) is 11.1 Å². The number of nitrogens with zero attached hydrogens (tertiary/aromatic N) is 1. The summed E-state index contributed by atoms with van der Waals surface area (Å²) in [7, 11) is 0. The zero-order valence-corrected chi connectivity index (χ0v) is 11.8. The van der Waals surface area contributed by atoms with Gasteiger partial charge in [-0.1, -0.05) is 0 Å². The molecule has 0 saturated carbocycles. The van der Waals surface area contributed by atoms with Crippen molar-refractivity contribution in [2.24, 2.45) is 10.7 Å². The summed E-state index contributed by atoms with van der Waals surface area (Å²) in [6, 6.07) is 0.457. The van der Waals surface area contributed by atoms with Crippen LogP contribution >= 0.6 is 27.5 Å². The summed E-state index contributed by atoms with van der Waals surface area (Å²) in [5.41, 5.74) is 1.66. The van der Waals surface area contributed by atoms with Gasteiger partial charge < -0.3 is 5.73 Å². The molecular weight excluding hydrogens is 377 g/mol. The SMILES string of the molecule is NC(CCl)=Nc1cc(C(F)(F)F)cc(C(F)(F)F)c1Br. The fourth-order valence-corrected chi connectivity index (χ4v) is 1.85. The van der Waals surface area contributed by atoms with Gasteiger partial charge in [0.1, 0.15) is 5.84 Å². The minimum atomic E-state index is -4.97. The van der Waals surface area contributed by atoms with Gasteiger partial charge in [-0.25, -0.2) is 4.99 Å². The Hall–Kier alpha value is -0.960. The van der Waals surface area contributed by atoms with E-state index in [4.69, 9.17) is 17.3 Å². The summed E-state index contributed by atoms with van der Waals surface area (Å²) in [5, 5.41) is 0. The Kier molecular flexibility index (Phi) is 4.96. The molecule has 0 aliphatic heterocycles. The van der Waals surface area contributed by atoms with Crippen molar-refractivity contribution in [3.63, 3.8) is 0 Å². The zero-order chi connectivity index (χ0) is 15.7. The minimum absolute atomic E-state index is 0.0000104. The Balaban J connectivity index is 3.60. The number of amidine groups is 1. The first kappa shape index (κ1) is 17.1. The van der Waals surface area contributed by atoms with Crippen LogP contribution < -0.4 is 5.73 Å². The summed E-state index contributed by atoms with van der Waals surface area (Å²) < 4.78 is 75.3. The molecule has 0 unspecified atom stereocenters. The molecule has 10 heteroatoms. The first-order chi connectivity index (χ1) is 8.96. The smallest absolute Gasteiger partial charge is 0.386 e. The largest absolute Gasteiger partial charge is 0.417 e. The second-order valence-corrected chi connectivity index (χ2v) is 4.65. The molecule has 0 saturated heterocycles. The van der Waals surface area contributed by atoms with Gasteiger partial charge >= 0.3 is 12.4 Å². The van der Waals surface area contributed by atoms with Crippen molar-refractivity contribution in [3.05, 3.63) is 27.7 Å². The lowest BCUT2D eigenvalue weighted by Gasteiger charge is -2.15. The third-order valence-electron chi connectivity index (χ3n) is 2.09. The van der Waals surface area contributed by atoms with Gasteiger partial charge in [0.25, 0.3) is 0 Å². The number of rotatable bonds is 2. The maximum absolute atomic E-state index is 12.7. The van der Waals surface area contributed by atoms with Gasteiger partial charge in [-0.05, 0) is 28.1 Å². The molecule has 20 heavy (non-hydrogen) atoms. The average Bonchev–Trinajstić information content (AvgIpc) is 2.28. The summed E-state index contributed by atoms with van der Waals surface area (Å²) in [6.07, 6.45) is -9.92. The Morgan fingerprint density at radius 2 is 1.70 bits per heavy atom. The first-order valence-corrected chi connectivity index (χ1v) is 6.16. The number of hydrogen-bond acceptors (Lipinski definition) is 1. The number of hydrogen-bond donors (Lipinski definition) is 1. The van der Waals surface area contributed by atoms with E-state index >= 15 is 0 Å². The van der Waals surface area contributed by atoms with Gasteiger partial charge in [0, 0.05) is 0 Å². The van der Waals surface area contributed by atoms with Crippen molar-refractivity contribution in [2.75, 3.05) is 5.88 Å². The maximum atomic E-state index is 12.7. The van der Waals surface area contributed by atoms with Crippen LogP contribution in [0.2, 0.25) is 0 Å². The molecule has 0 amide bonds. The summed E-state index contributed by atoms with van der Waals surface area (Å²) >= 11 is 7.88. The summed E-state index contributed by atoms with van der Waals surface area (Å²) in [5.74, 6) is -0.635. The highest BCUT2D eigenvalue weighted by Crippen LogP contribution is 2.43. The van der Waals surface area contributed by atoms with Gasteiger partial charge in [0.15, 0.2) is 0 Å². The minimum Gasteiger partial charge on any atom is -0.386 e. The second-order valence-electron chi connectivity index (χ2n) is 3.59. The van der Waals surface area contributed by atoms with Crippen molar-refractivity contribution in [1.82, 2.24) is 0 Å². The molecule has 0 fully saturated rings. The molecule has 0 bridgehead atoms. The first-order valence-electron chi connectivity index (χ1n) is 4.83. The second kappa shape index (κ2) is 5.80. The Labute approximate surface area is 122 Å². The number of alkyl halides is 7. The van der Waals surface area contributed by atoms with E-state index in [1.54, 1.807) is 0 Å². The molecule has 1 aromatic rings. The highest BCUT2D eigenvalue weighted by Gasteiger charge is 2.39. The number of halogens is 8. The molecule has 0 aliphatic rings. The van der Waals surface area contributed by atoms with E-state index in [-0.39, 0.29) is 17.8 Å². The number of nitrogens with two attached hydrogens (primary N) is 1. The lowest BCUT2D eigenvalue weighted by molar-refractivity contribution is -0.143. The lowest BCUT2D eigenvalue weighted by Crippen LogP contribution is -2.14. The van der Waals surface area contributed by atoms with Crippen LogP contribution in [-0.4, -0.2) is 11.7 Å². The molecule has 0 heterocycles. The van der Waals surface area contributed by atoms with Crippen molar-refractivity contribution in [2.45, 2.75) is 12.4 Å². The van der Waals surface area contributed by atoms with Crippen LogP contribution in [-0.2, 0) is 12.4 Å². The maximum Gasteiger partial charge on any atom is 0.417 e. The fourth-order valence-electron chi connectivity index (χ4n) is 1.25. The topological polar surface area (TPSA) is 38.4 Å². The third-order valence-corrected chi connectivity index (χ3v) is 3.19. The zero-order valence-electron chi connectivity index (χ0n) is 9.41. The van der Waals surface area contributed by atoms with Crippen LogP contribution in [0.25, 0.3) is 0 Å². The number of aliphatic imine (C=N–C) groups is 1. The van der Waals surface area contributed by atoms with Crippen LogP contribution in [0, 0.1) is 0 Å². The van der Waals surface area contributed by atoms with E-state index < -0.39 is 33.6 Å². The highest BCUT2D eigenvalue weighted by atomic mass is 79.9. The van der Waals surface area contributed by atoms with Gasteiger partial charge in [-0.3, -0.25) is 0 Å². The standard InChI is InChI=1S/C10H6BrClF6N2/c11-8-5(10(16,17)18)1-4(9(13,14)15)2-6(8)20-7(19)3-12/h1-2H,3H2,(H2,19,20). The van der Waals surface area contributed by atoms with E-state index in [9.17, 15) is 26.3 Å². The quantitative estimate of drug-likeness (QED) is 0.341. The molecule has 0 radical (unpaired) electrons. The van der Waals surface area contributed by atoms with Gasteiger partial charge in [0.2, 0.25) is 0 Å². The van der Waals surface area contributed by atoms with E-state index in [0.29, 0.717) is 6.07 Å². The van der Waals surface area contributed by atoms with E-state index in [1.165, 1.54) is 0 Å². The molecule has 0 spiro atoms. The van der Waals surface area contributed by atoms with Crippen LogP contribution in [0.3, 0.4) is 0 Å². The van der Waals surface area contributed by atoms with Gasteiger partial charge in [-0.15, -0.1) is 11.6 Å². The predicted molar refractivity (Wildman–Crippen MR) is 66.1 cm³/mol. The summed E-state index contributed by atoms with van der Waals surface area (Å²) in [4.78, 5) is 3.44. The van der Waals surface area contributed by atoms with Crippen LogP contribution in [0.15, 0.2) is 21.6 Å². The summed E-state index contributed by atoms with van der Waals surface area (Å²) in [6.45, 7) is 0. The molecule has 2 nitrogen and oxygen atoms in total. The van der Waals surface area contributed by atoms with Gasteiger partial charge in [-0.2, -0.15) is 26.3 Å². The molecule has 0 atom stereocenters. The Morgan fingerprint density at radius 1 is 1.15 bits per heavy atom. The molecule has 1 rings (SSSR count). The van der Waals surface area contributed by atoms with Crippen LogP contribution in [0.4, 0.5) is 32.0 Å². The van der Waals surface area contributed by atoms with Gasteiger partial charge in [0.05, 0.1) is 27.2 Å². The Morgan fingerprint density at radius 3 is 2.10 bits per heavy atom. The Bertz CT molecular complexity index is 538. The average molecular weight is 384 g/mol. The highest BCUT2D eigenvalue weighted by molar-refractivity contribution is 9.10. The molecule has 2 N–H and O–H groups in total. The fraction of sp³-hybridized carbons (Fsp3) is 0.300. The van der Waals surface area contributed by atoms with Crippen molar-refractivity contribution in [3.8, 4) is 0 Å². The van der Waals surface area contributed by atoms with Crippen molar-refractivity contribution in [1.29, 1.82) is 0 Å². The van der Waals surface area contributed by atoms with E-state index in [0.717, 1.165) is 0 Å². The van der Waals surface area contributed by atoms with Crippen molar-refractivity contribution >= 4 is 39.1 Å². The third kappa shape index (κ3) is 4.02. The molecular formula is C10H6BrClF6N2. The molecule has 112 valence electrons. The normalized spacial score (nSPS) is 13.7. The molecule has 0 aromatic heterocycles. The van der Waals surface area contributed by atoms with Crippen molar-refractivity contribution < 1.29 is 26.3 Å². The predicted octanol–water partition coefficient (Wildman–Crippen LogP) is 4.71. The van der Waals surface area contributed by atoms with E-state index in [2.05, 4.69) is 20.9 Å². The van der Waals surface area contributed by atoms with E-state index in [1.807, 2.05) is 0 Å². The molecule has 1 aromatic carbocycles.